The van der Waals surface area contributed by atoms with E-state index in [1.807, 2.05) is 24.3 Å². The number of amides is 1. The molecule has 2 N–H and O–H groups in total. The molecule has 1 aromatic rings. The van der Waals surface area contributed by atoms with Crippen molar-refractivity contribution >= 4 is 5.91 Å². The van der Waals surface area contributed by atoms with Crippen molar-refractivity contribution < 1.29 is 14.6 Å². The maximum Gasteiger partial charge on any atom is 0.231 e. The van der Waals surface area contributed by atoms with Crippen molar-refractivity contribution in [3.63, 3.8) is 0 Å². The van der Waals surface area contributed by atoms with E-state index >= 15 is 0 Å². The summed E-state index contributed by atoms with van der Waals surface area (Å²) in [7, 11) is 0. The van der Waals surface area contributed by atoms with Gasteiger partial charge in [-0.25, -0.2) is 0 Å². The average Bonchev–Trinajstić information content (AvgIpc) is 2.87. The predicted octanol–water partition coefficient (Wildman–Crippen LogP) is 1.69. The van der Waals surface area contributed by atoms with Crippen LogP contribution in [0.3, 0.4) is 0 Å². The van der Waals surface area contributed by atoms with Gasteiger partial charge in [-0.1, -0.05) is 31.5 Å². The quantitative estimate of drug-likeness (QED) is 0.821. The molecule has 104 valence electrons. The Bertz CT molecular complexity index is 433. The van der Waals surface area contributed by atoms with Crippen molar-refractivity contribution in [3.8, 4) is 5.75 Å². The van der Waals surface area contributed by atoms with Crippen molar-refractivity contribution in [2.45, 2.75) is 25.7 Å². The third-order valence-electron chi connectivity index (χ3n) is 3.70. The van der Waals surface area contributed by atoms with Gasteiger partial charge in [-0.05, 0) is 18.4 Å². The summed E-state index contributed by atoms with van der Waals surface area (Å²) in [5, 5.41) is 11.9. The number of nitrogens with one attached hydrogen (secondary N) is 1. The molecular weight excluding hydrogens is 242 g/mol. The summed E-state index contributed by atoms with van der Waals surface area (Å²) in [6.07, 6.45) is 1.69. The van der Waals surface area contributed by atoms with Crippen LogP contribution >= 0.6 is 0 Å². The van der Waals surface area contributed by atoms with E-state index in [-0.39, 0.29) is 18.4 Å². The van der Waals surface area contributed by atoms with Gasteiger partial charge >= 0.3 is 0 Å². The highest BCUT2D eigenvalue weighted by Gasteiger charge is 2.29. The van der Waals surface area contributed by atoms with E-state index in [1.54, 1.807) is 0 Å². The molecule has 0 saturated heterocycles. The molecule has 1 heterocycles. The zero-order valence-electron chi connectivity index (χ0n) is 11.3. The first-order valence-electron chi connectivity index (χ1n) is 6.86. The Hall–Kier alpha value is -1.55. The number of hydrogen-bond donors (Lipinski definition) is 2. The fourth-order valence-corrected chi connectivity index (χ4v) is 2.38. The minimum atomic E-state index is -0.206. The Balaban J connectivity index is 1.91. The lowest BCUT2D eigenvalue weighted by Crippen LogP contribution is -2.34. The van der Waals surface area contributed by atoms with Gasteiger partial charge in [-0.2, -0.15) is 0 Å². The normalized spacial score (nSPS) is 18.5. The van der Waals surface area contributed by atoms with Crippen LogP contribution in [0.15, 0.2) is 24.3 Å². The molecule has 0 aromatic heterocycles. The summed E-state index contributed by atoms with van der Waals surface area (Å²) >= 11 is 0. The number of benzene rings is 1. The van der Waals surface area contributed by atoms with Crippen LogP contribution in [-0.4, -0.2) is 30.8 Å². The van der Waals surface area contributed by atoms with Crippen LogP contribution in [0.1, 0.15) is 31.2 Å². The first kappa shape index (κ1) is 13.9. The molecule has 1 aliphatic heterocycles. The maximum absolute atomic E-state index is 12.2. The second-order valence-corrected chi connectivity index (χ2v) is 4.93. The molecule has 2 unspecified atom stereocenters. The fraction of sp³-hybridized carbons (Fsp3) is 0.533. The van der Waals surface area contributed by atoms with Crippen LogP contribution in [0.2, 0.25) is 0 Å². The van der Waals surface area contributed by atoms with Gasteiger partial charge in [-0.15, -0.1) is 0 Å². The molecule has 0 aliphatic carbocycles. The average molecular weight is 263 g/mol. The highest BCUT2D eigenvalue weighted by Crippen LogP contribution is 2.33. The van der Waals surface area contributed by atoms with Gasteiger partial charge in [0.15, 0.2) is 0 Å². The van der Waals surface area contributed by atoms with Crippen LogP contribution < -0.4 is 10.1 Å². The van der Waals surface area contributed by atoms with Crippen molar-refractivity contribution in [2.24, 2.45) is 5.92 Å². The molecule has 0 bridgehead atoms. The number of fused-ring (bicyclic) bond motifs is 1. The number of aliphatic hydroxyl groups is 1. The van der Waals surface area contributed by atoms with E-state index in [1.165, 1.54) is 0 Å². The standard InChI is InChI=1S/C15H21NO3/c1-2-11(7-8-17)9-16-15(18)13-10-19-14-6-4-3-5-12(13)14/h3-6,11,13,17H,2,7-10H2,1H3,(H,16,18). The largest absolute Gasteiger partial charge is 0.492 e. The Kier molecular flexibility index (Phi) is 4.80. The van der Waals surface area contributed by atoms with Crippen molar-refractivity contribution in [1.82, 2.24) is 5.32 Å². The Morgan fingerprint density at radius 2 is 2.32 bits per heavy atom. The molecule has 1 amide bonds. The lowest BCUT2D eigenvalue weighted by molar-refractivity contribution is -0.123. The minimum Gasteiger partial charge on any atom is -0.492 e. The van der Waals surface area contributed by atoms with Crippen LogP contribution in [0.5, 0.6) is 5.75 Å². The monoisotopic (exact) mass is 263 g/mol. The maximum atomic E-state index is 12.2. The molecule has 0 saturated carbocycles. The Morgan fingerprint density at radius 1 is 1.53 bits per heavy atom. The zero-order chi connectivity index (χ0) is 13.7. The van der Waals surface area contributed by atoms with Crippen molar-refractivity contribution in [3.05, 3.63) is 29.8 Å². The Morgan fingerprint density at radius 3 is 3.05 bits per heavy atom. The highest BCUT2D eigenvalue weighted by atomic mass is 16.5. The van der Waals surface area contributed by atoms with E-state index in [0.29, 0.717) is 19.1 Å². The zero-order valence-corrected chi connectivity index (χ0v) is 11.3. The van der Waals surface area contributed by atoms with Gasteiger partial charge in [0.05, 0.1) is 0 Å². The molecule has 0 spiro atoms. The third kappa shape index (κ3) is 3.26. The second-order valence-electron chi connectivity index (χ2n) is 4.93. The summed E-state index contributed by atoms with van der Waals surface area (Å²) in [6.45, 7) is 3.28. The SMILES string of the molecule is CCC(CCO)CNC(=O)C1COc2ccccc21. The molecule has 2 rings (SSSR count). The third-order valence-corrected chi connectivity index (χ3v) is 3.70. The second kappa shape index (κ2) is 6.57. The van der Waals surface area contributed by atoms with Gasteiger partial charge in [0.25, 0.3) is 0 Å². The molecule has 2 atom stereocenters. The van der Waals surface area contributed by atoms with E-state index in [2.05, 4.69) is 12.2 Å². The van der Waals surface area contributed by atoms with Crippen LogP contribution in [-0.2, 0) is 4.79 Å². The first-order chi connectivity index (χ1) is 9.26. The number of carbonyl (C=O) groups excluding carboxylic acids is 1. The Labute approximate surface area is 113 Å². The number of carbonyl (C=O) groups is 1. The van der Waals surface area contributed by atoms with Gasteiger partial charge < -0.3 is 15.2 Å². The van der Waals surface area contributed by atoms with Crippen LogP contribution in [0.25, 0.3) is 0 Å². The fourth-order valence-electron chi connectivity index (χ4n) is 2.38. The number of aliphatic hydroxyl groups excluding tert-OH is 1. The lowest BCUT2D eigenvalue weighted by Gasteiger charge is -2.16. The van der Waals surface area contributed by atoms with E-state index < -0.39 is 0 Å². The molecule has 1 aliphatic rings. The summed E-state index contributed by atoms with van der Waals surface area (Å²) in [5.74, 6) is 0.959. The smallest absolute Gasteiger partial charge is 0.231 e. The highest BCUT2D eigenvalue weighted by molar-refractivity contribution is 5.85. The lowest BCUT2D eigenvalue weighted by atomic mass is 9.99. The molecule has 4 nitrogen and oxygen atoms in total. The van der Waals surface area contributed by atoms with Gasteiger partial charge in [0.1, 0.15) is 18.3 Å². The topological polar surface area (TPSA) is 58.6 Å². The summed E-state index contributed by atoms with van der Waals surface area (Å²) < 4.78 is 5.51. The van der Waals surface area contributed by atoms with E-state index in [0.717, 1.165) is 24.2 Å². The molecule has 4 heteroatoms. The first-order valence-corrected chi connectivity index (χ1v) is 6.86. The van der Waals surface area contributed by atoms with Gasteiger partial charge in [0.2, 0.25) is 5.91 Å². The molecular formula is C15H21NO3. The number of hydrogen-bond acceptors (Lipinski definition) is 3. The van der Waals surface area contributed by atoms with Crippen LogP contribution in [0, 0.1) is 5.92 Å². The van der Waals surface area contributed by atoms with Crippen LogP contribution in [0.4, 0.5) is 0 Å². The van der Waals surface area contributed by atoms with E-state index in [9.17, 15) is 4.79 Å². The van der Waals surface area contributed by atoms with Gasteiger partial charge in [0, 0.05) is 18.7 Å². The molecule has 0 fully saturated rings. The molecule has 19 heavy (non-hydrogen) atoms. The predicted molar refractivity (Wildman–Crippen MR) is 73.2 cm³/mol. The van der Waals surface area contributed by atoms with E-state index in [4.69, 9.17) is 9.84 Å². The number of rotatable bonds is 6. The molecule has 0 radical (unpaired) electrons. The summed E-state index contributed by atoms with van der Waals surface area (Å²) in [5.41, 5.74) is 0.968. The number of ether oxygens (including phenoxy) is 1. The van der Waals surface area contributed by atoms with Crippen molar-refractivity contribution in [2.75, 3.05) is 19.8 Å². The minimum absolute atomic E-state index is 0.0151. The van der Waals surface area contributed by atoms with Gasteiger partial charge in [-0.3, -0.25) is 4.79 Å². The molecule has 1 aromatic carbocycles. The van der Waals surface area contributed by atoms with Crippen molar-refractivity contribution in [1.29, 1.82) is 0 Å². The summed E-state index contributed by atoms with van der Waals surface area (Å²) in [4.78, 5) is 12.2. The number of para-hydroxylation sites is 1. The summed E-state index contributed by atoms with van der Waals surface area (Å²) in [6, 6.07) is 7.67.